The van der Waals surface area contributed by atoms with E-state index in [4.69, 9.17) is 0 Å². The molecule has 2 heteroatoms. The van der Waals surface area contributed by atoms with Crippen molar-refractivity contribution in [3.05, 3.63) is 35.6 Å². The van der Waals surface area contributed by atoms with E-state index in [1.165, 1.54) is 12.1 Å². The standard InChI is InChI=1S/C11H9FO/c12-10-3-1-9(2-4-10)5-6-11(13)7-8-11/h1-4,13H,7-8H2. The molecular weight excluding hydrogens is 167 g/mol. The summed E-state index contributed by atoms with van der Waals surface area (Å²) in [6, 6.07) is 5.93. The minimum Gasteiger partial charge on any atom is -0.378 e. The second-order valence-corrected chi connectivity index (χ2v) is 3.29. The van der Waals surface area contributed by atoms with Crippen LogP contribution in [-0.4, -0.2) is 10.7 Å². The van der Waals surface area contributed by atoms with Crippen molar-refractivity contribution in [3.8, 4) is 11.8 Å². The van der Waals surface area contributed by atoms with E-state index in [1.807, 2.05) is 0 Å². The largest absolute Gasteiger partial charge is 0.378 e. The topological polar surface area (TPSA) is 20.2 Å². The van der Waals surface area contributed by atoms with Crippen LogP contribution < -0.4 is 0 Å². The van der Waals surface area contributed by atoms with Gasteiger partial charge in [-0.15, -0.1) is 0 Å². The summed E-state index contributed by atoms with van der Waals surface area (Å²) in [6.45, 7) is 0. The van der Waals surface area contributed by atoms with E-state index >= 15 is 0 Å². The smallest absolute Gasteiger partial charge is 0.126 e. The van der Waals surface area contributed by atoms with Crippen molar-refractivity contribution in [2.45, 2.75) is 18.4 Å². The maximum Gasteiger partial charge on any atom is 0.126 e. The van der Waals surface area contributed by atoms with Crippen molar-refractivity contribution in [3.63, 3.8) is 0 Å². The Bertz CT molecular complexity index is 365. The Kier molecular flexibility index (Phi) is 1.82. The number of aliphatic hydroxyl groups is 1. The average Bonchev–Trinajstić information content (AvgIpc) is 2.84. The maximum atomic E-state index is 12.5. The van der Waals surface area contributed by atoms with Crippen molar-refractivity contribution < 1.29 is 9.50 Å². The third kappa shape index (κ3) is 2.07. The zero-order valence-corrected chi connectivity index (χ0v) is 7.05. The minimum absolute atomic E-state index is 0.268. The van der Waals surface area contributed by atoms with E-state index in [9.17, 15) is 9.50 Å². The van der Waals surface area contributed by atoms with Gasteiger partial charge in [0.05, 0.1) is 0 Å². The fraction of sp³-hybridized carbons (Fsp3) is 0.273. The molecule has 1 aromatic carbocycles. The third-order valence-corrected chi connectivity index (χ3v) is 2.01. The molecule has 2 rings (SSSR count). The number of halogens is 1. The molecule has 1 saturated carbocycles. The predicted octanol–water partition coefficient (Wildman–Crippen LogP) is 1.70. The summed E-state index contributed by atoms with van der Waals surface area (Å²) < 4.78 is 12.5. The molecule has 1 nitrogen and oxygen atoms in total. The number of hydrogen-bond acceptors (Lipinski definition) is 1. The van der Waals surface area contributed by atoms with Crippen LogP contribution in [0, 0.1) is 17.7 Å². The Morgan fingerprint density at radius 1 is 1.23 bits per heavy atom. The monoisotopic (exact) mass is 176 g/mol. The van der Waals surface area contributed by atoms with Gasteiger partial charge in [-0.25, -0.2) is 4.39 Å². The lowest BCUT2D eigenvalue weighted by molar-refractivity contribution is 0.212. The molecule has 0 aromatic heterocycles. The van der Waals surface area contributed by atoms with Crippen LogP contribution in [0.25, 0.3) is 0 Å². The highest BCUT2D eigenvalue weighted by atomic mass is 19.1. The minimum atomic E-state index is -0.756. The van der Waals surface area contributed by atoms with E-state index in [0.29, 0.717) is 0 Å². The molecule has 0 heterocycles. The summed E-state index contributed by atoms with van der Waals surface area (Å²) >= 11 is 0. The van der Waals surface area contributed by atoms with Crippen molar-refractivity contribution in [1.82, 2.24) is 0 Å². The molecule has 1 aliphatic rings. The molecule has 1 fully saturated rings. The van der Waals surface area contributed by atoms with Crippen molar-refractivity contribution in [1.29, 1.82) is 0 Å². The summed E-state index contributed by atoms with van der Waals surface area (Å²) in [7, 11) is 0. The number of rotatable bonds is 0. The van der Waals surface area contributed by atoms with Crippen LogP contribution in [0.1, 0.15) is 18.4 Å². The van der Waals surface area contributed by atoms with Gasteiger partial charge in [-0.05, 0) is 37.1 Å². The quantitative estimate of drug-likeness (QED) is 0.596. The van der Waals surface area contributed by atoms with Gasteiger partial charge in [0.15, 0.2) is 0 Å². The van der Waals surface area contributed by atoms with Gasteiger partial charge in [-0.1, -0.05) is 11.8 Å². The molecule has 0 saturated heterocycles. The van der Waals surface area contributed by atoms with Crippen LogP contribution in [0.15, 0.2) is 24.3 Å². The average molecular weight is 176 g/mol. The molecule has 1 aromatic rings. The first kappa shape index (κ1) is 8.28. The molecule has 0 atom stereocenters. The Hall–Kier alpha value is -1.33. The molecule has 0 aliphatic heterocycles. The lowest BCUT2D eigenvalue weighted by Gasteiger charge is -1.93. The molecule has 1 N–H and O–H groups in total. The lowest BCUT2D eigenvalue weighted by Crippen LogP contribution is -2.00. The maximum absolute atomic E-state index is 12.5. The van der Waals surface area contributed by atoms with Gasteiger partial charge < -0.3 is 5.11 Å². The predicted molar refractivity (Wildman–Crippen MR) is 47.5 cm³/mol. The van der Waals surface area contributed by atoms with Gasteiger partial charge in [0, 0.05) is 5.56 Å². The zero-order chi connectivity index (χ0) is 9.31. The summed E-state index contributed by atoms with van der Waals surface area (Å²) in [5.74, 6) is 5.29. The van der Waals surface area contributed by atoms with Crippen LogP contribution in [0.4, 0.5) is 4.39 Å². The second kappa shape index (κ2) is 2.86. The number of benzene rings is 1. The Morgan fingerprint density at radius 3 is 2.38 bits per heavy atom. The van der Waals surface area contributed by atoms with Crippen molar-refractivity contribution >= 4 is 0 Å². The second-order valence-electron chi connectivity index (χ2n) is 3.29. The van der Waals surface area contributed by atoms with Gasteiger partial charge >= 0.3 is 0 Å². The van der Waals surface area contributed by atoms with E-state index in [0.717, 1.165) is 18.4 Å². The molecule has 0 unspecified atom stereocenters. The molecule has 0 amide bonds. The Labute approximate surface area is 76.2 Å². The summed E-state index contributed by atoms with van der Waals surface area (Å²) in [5, 5.41) is 9.40. The van der Waals surface area contributed by atoms with Gasteiger partial charge in [0.25, 0.3) is 0 Å². The Balaban J connectivity index is 2.16. The van der Waals surface area contributed by atoms with Crippen LogP contribution in [0.2, 0.25) is 0 Å². The van der Waals surface area contributed by atoms with Crippen LogP contribution >= 0.6 is 0 Å². The highest BCUT2D eigenvalue weighted by Crippen LogP contribution is 2.33. The normalized spacial score (nSPS) is 17.4. The van der Waals surface area contributed by atoms with Crippen LogP contribution in [0.5, 0.6) is 0 Å². The molecule has 1 aliphatic carbocycles. The van der Waals surface area contributed by atoms with Crippen molar-refractivity contribution in [2.24, 2.45) is 0 Å². The van der Waals surface area contributed by atoms with Gasteiger partial charge in [0.2, 0.25) is 0 Å². The molecule has 0 bridgehead atoms. The first-order valence-corrected chi connectivity index (χ1v) is 4.19. The first-order valence-electron chi connectivity index (χ1n) is 4.19. The molecular formula is C11H9FO. The highest BCUT2D eigenvalue weighted by Gasteiger charge is 2.38. The number of hydrogen-bond donors (Lipinski definition) is 1. The van der Waals surface area contributed by atoms with E-state index in [-0.39, 0.29) is 5.82 Å². The summed E-state index contributed by atoms with van der Waals surface area (Å²) in [5.41, 5.74) is -0.0179. The summed E-state index contributed by atoms with van der Waals surface area (Å²) in [6.07, 6.45) is 1.50. The van der Waals surface area contributed by atoms with E-state index in [2.05, 4.69) is 11.8 Å². The molecule has 0 radical (unpaired) electrons. The fourth-order valence-electron chi connectivity index (χ4n) is 0.965. The van der Waals surface area contributed by atoms with E-state index < -0.39 is 5.60 Å². The first-order chi connectivity index (χ1) is 6.18. The lowest BCUT2D eigenvalue weighted by atomic mass is 10.2. The summed E-state index contributed by atoms with van der Waals surface area (Å²) in [4.78, 5) is 0. The highest BCUT2D eigenvalue weighted by molar-refractivity contribution is 5.37. The van der Waals surface area contributed by atoms with Crippen molar-refractivity contribution in [2.75, 3.05) is 0 Å². The van der Waals surface area contributed by atoms with Gasteiger partial charge in [-0.3, -0.25) is 0 Å². The fourth-order valence-corrected chi connectivity index (χ4v) is 0.965. The Morgan fingerprint density at radius 2 is 1.85 bits per heavy atom. The van der Waals surface area contributed by atoms with E-state index in [1.54, 1.807) is 12.1 Å². The molecule has 13 heavy (non-hydrogen) atoms. The van der Waals surface area contributed by atoms with Gasteiger partial charge in [0.1, 0.15) is 11.4 Å². The zero-order valence-electron chi connectivity index (χ0n) is 7.05. The molecule has 0 spiro atoms. The SMILES string of the molecule is OC1(C#Cc2ccc(F)cc2)CC1. The molecule has 66 valence electrons. The van der Waals surface area contributed by atoms with Crippen LogP contribution in [-0.2, 0) is 0 Å². The van der Waals surface area contributed by atoms with Gasteiger partial charge in [-0.2, -0.15) is 0 Å². The van der Waals surface area contributed by atoms with Crippen LogP contribution in [0.3, 0.4) is 0 Å². The third-order valence-electron chi connectivity index (χ3n) is 2.01.